The van der Waals surface area contributed by atoms with E-state index in [1.165, 1.54) is 6.20 Å². The molecule has 0 fully saturated rings. The fourth-order valence-electron chi connectivity index (χ4n) is 1.43. The van der Waals surface area contributed by atoms with Gasteiger partial charge in [0.15, 0.2) is 5.60 Å². The molecular weight excluding hydrogens is 162 g/mol. The van der Waals surface area contributed by atoms with Gasteiger partial charge in [0, 0.05) is 6.42 Å². The molecule has 0 aromatic carbocycles. The number of aromatic nitrogens is 1. The van der Waals surface area contributed by atoms with Crippen LogP contribution in [-0.4, -0.2) is 21.3 Å². The summed E-state index contributed by atoms with van der Waals surface area (Å²) in [4.78, 5) is 10.7. The van der Waals surface area contributed by atoms with Crippen LogP contribution in [0.1, 0.15) is 17.7 Å². The molecule has 1 unspecified atom stereocenters. The maximum Gasteiger partial charge on any atom is 0.340 e. The highest BCUT2D eigenvalue weighted by Crippen LogP contribution is 2.36. The molecule has 1 aromatic rings. The van der Waals surface area contributed by atoms with Crippen LogP contribution in [0.25, 0.3) is 0 Å². The van der Waals surface area contributed by atoms with Crippen LogP contribution >= 0.6 is 0 Å². The molecule has 5 heteroatoms. The predicted octanol–water partition coefficient (Wildman–Crippen LogP) is -0.107. The Morgan fingerprint density at radius 2 is 2.50 bits per heavy atom. The largest absolute Gasteiger partial charge is 0.479 e. The summed E-state index contributed by atoms with van der Waals surface area (Å²) in [6.45, 7) is 0. The first-order valence-electron chi connectivity index (χ1n) is 3.54. The molecule has 1 heterocycles. The molecule has 5 nitrogen and oxygen atoms in total. The summed E-state index contributed by atoms with van der Waals surface area (Å²) in [5.41, 5.74) is -1.50. The van der Waals surface area contributed by atoms with Crippen molar-refractivity contribution >= 4 is 5.97 Å². The summed E-state index contributed by atoms with van der Waals surface area (Å²) in [6.07, 6.45) is 1.85. The Morgan fingerprint density at radius 1 is 1.75 bits per heavy atom. The Morgan fingerprint density at radius 3 is 3.17 bits per heavy atom. The normalized spacial score (nSPS) is 27.1. The van der Waals surface area contributed by atoms with Gasteiger partial charge in [-0.1, -0.05) is 5.16 Å². The van der Waals surface area contributed by atoms with Gasteiger partial charge >= 0.3 is 5.97 Å². The lowest BCUT2D eigenvalue weighted by atomic mass is 9.99. The fraction of sp³-hybridized carbons (Fsp3) is 0.429. The van der Waals surface area contributed by atoms with Crippen LogP contribution in [-0.2, 0) is 16.8 Å². The number of carboxylic acid groups (broad SMARTS) is 1. The van der Waals surface area contributed by atoms with Crippen molar-refractivity contribution in [1.29, 1.82) is 0 Å². The van der Waals surface area contributed by atoms with E-state index >= 15 is 0 Å². The van der Waals surface area contributed by atoms with E-state index in [-0.39, 0.29) is 12.0 Å². The molecule has 0 bridgehead atoms. The maximum absolute atomic E-state index is 10.7. The zero-order chi connectivity index (χ0) is 8.77. The van der Waals surface area contributed by atoms with Crippen LogP contribution in [0.2, 0.25) is 0 Å². The third kappa shape index (κ3) is 0.711. The third-order valence-corrected chi connectivity index (χ3v) is 2.16. The minimum Gasteiger partial charge on any atom is -0.479 e. The average Bonchev–Trinajstić information content (AvgIpc) is 2.54. The van der Waals surface area contributed by atoms with Crippen molar-refractivity contribution in [3.63, 3.8) is 0 Å². The van der Waals surface area contributed by atoms with Crippen LogP contribution in [0, 0.1) is 0 Å². The van der Waals surface area contributed by atoms with Crippen LogP contribution in [0.4, 0.5) is 0 Å². The van der Waals surface area contributed by atoms with Gasteiger partial charge in [0.05, 0.1) is 11.8 Å². The van der Waals surface area contributed by atoms with Crippen molar-refractivity contribution in [3.8, 4) is 0 Å². The van der Waals surface area contributed by atoms with Crippen LogP contribution in [0.3, 0.4) is 0 Å². The lowest BCUT2D eigenvalue weighted by Crippen LogP contribution is -2.32. The minimum absolute atomic E-state index is 0.166. The van der Waals surface area contributed by atoms with Gasteiger partial charge < -0.3 is 14.7 Å². The molecule has 0 saturated heterocycles. The molecule has 1 aliphatic rings. The van der Waals surface area contributed by atoms with E-state index in [0.717, 1.165) is 0 Å². The number of aryl methyl sites for hydroxylation is 1. The summed E-state index contributed by atoms with van der Waals surface area (Å²) < 4.78 is 4.75. The number of carbonyl (C=O) groups is 1. The Kier molecular flexibility index (Phi) is 1.26. The van der Waals surface area contributed by atoms with Crippen molar-refractivity contribution in [3.05, 3.63) is 17.5 Å². The van der Waals surface area contributed by atoms with Gasteiger partial charge in [-0.3, -0.25) is 0 Å². The first-order chi connectivity index (χ1) is 5.64. The van der Waals surface area contributed by atoms with Gasteiger partial charge in [-0.05, 0) is 6.42 Å². The van der Waals surface area contributed by atoms with Crippen molar-refractivity contribution in [2.75, 3.05) is 0 Å². The first kappa shape index (κ1) is 7.30. The van der Waals surface area contributed by atoms with Crippen LogP contribution < -0.4 is 0 Å². The molecule has 0 spiro atoms. The molecule has 2 N–H and O–H groups in total. The predicted molar refractivity (Wildman–Crippen MR) is 36.4 cm³/mol. The lowest BCUT2D eigenvalue weighted by Gasteiger charge is -2.14. The van der Waals surface area contributed by atoms with Gasteiger partial charge in [-0.2, -0.15) is 0 Å². The number of aliphatic carboxylic acids is 1. The second kappa shape index (κ2) is 2.07. The van der Waals surface area contributed by atoms with E-state index in [2.05, 4.69) is 5.16 Å². The number of carboxylic acids is 1. The van der Waals surface area contributed by atoms with Gasteiger partial charge in [-0.25, -0.2) is 4.79 Å². The van der Waals surface area contributed by atoms with E-state index in [4.69, 9.17) is 9.63 Å². The Hall–Kier alpha value is -1.36. The van der Waals surface area contributed by atoms with Crippen LogP contribution in [0.5, 0.6) is 0 Å². The highest BCUT2D eigenvalue weighted by atomic mass is 16.5. The summed E-state index contributed by atoms with van der Waals surface area (Å²) in [5.74, 6) is -0.774. The maximum atomic E-state index is 10.7. The Bertz CT molecular complexity index is 332. The molecule has 2 rings (SSSR count). The van der Waals surface area contributed by atoms with Crippen molar-refractivity contribution in [2.24, 2.45) is 0 Å². The SMILES string of the molecule is O=C(O)C1(O)CCc2oncc21. The van der Waals surface area contributed by atoms with Crippen molar-refractivity contribution in [1.82, 2.24) is 5.16 Å². The molecule has 0 radical (unpaired) electrons. The Balaban J connectivity index is 2.51. The summed E-state index contributed by atoms with van der Waals surface area (Å²) in [6, 6.07) is 0. The highest BCUT2D eigenvalue weighted by Gasteiger charge is 2.46. The molecule has 0 saturated carbocycles. The lowest BCUT2D eigenvalue weighted by molar-refractivity contribution is -0.159. The van der Waals surface area contributed by atoms with E-state index in [0.29, 0.717) is 12.2 Å². The van der Waals surface area contributed by atoms with Gasteiger partial charge in [0.25, 0.3) is 0 Å². The van der Waals surface area contributed by atoms with Gasteiger partial charge in [0.1, 0.15) is 5.76 Å². The van der Waals surface area contributed by atoms with Crippen LogP contribution in [0.15, 0.2) is 10.7 Å². The molecule has 1 aromatic heterocycles. The number of aliphatic hydroxyl groups is 1. The number of fused-ring (bicyclic) bond motifs is 1. The van der Waals surface area contributed by atoms with E-state index < -0.39 is 11.6 Å². The number of nitrogens with zero attached hydrogens (tertiary/aromatic N) is 1. The minimum atomic E-state index is -1.78. The zero-order valence-electron chi connectivity index (χ0n) is 6.15. The molecule has 1 atom stereocenters. The monoisotopic (exact) mass is 169 g/mol. The topological polar surface area (TPSA) is 83.6 Å². The Labute approximate surface area is 67.6 Å². The molecule has 0 amide bonds. The smallest absolute Gasteiger partial charge is 0.340 e. The summed E-state index contributed by atoms with van der Waals surface area (Å²) in [5, 5.41) is 21.8. The van der Waals surface area contributed by atoms with Crippen molar-refractivity contribution < 1.29 is 19.5 Å². The number of rotatable bonds is 1. The molecule has 12 heavy (non-hydrogen) atoms. The summed E-state index contributed by atoms with van der Waals surface area (Å²) >= 11 is 0. The van der Waals surface area contributed by atoms with E-state index in [1.807, 2.05) is 0 Å². The third-order valence-electron chi connectivity index (χ3n) is 2.16. The van der Waals surface area contributed by atoms with Crippen molar-refractivity contribution in [2.45, 2.75) is 18.4 Å². The van der Waals surface area contributed by atoms with E-state index in [9.17, 15) is 9.90 Å². The van der Waals surface area contributed by atoms with Gasteiger partial charge in [-0.15, -0.1) is 0 Å². The molecule has 0 aliphatic heterocycles. The van der Waals surface area contributed by atoms with Gasteiger partial charge in [0.2, 0.25) is 0 Å². The molecule has 64 valence electrons. The molecule has 1 aliphatic carbocycles. The second-order valence-corrected chi connectivity index (χ2v) is 2.83. The molecular formula is C7H7NO4. The fourth-order valence-corrected chi connectivity index (χ4v) is 1.43. The highest BCUT2D eigenvalue weighted by molar-refractivity contribution is 5.80. The number of hydrogen-bond donors (Lipinski definition) is 2. The second-order valence-electron chi connectivity index (χ2n) is 2.83. The first-order valence-corrected chi connectivity index (χ1v) is 3.54. The summed E-state index contributed by atoms with van der Waals surface area (Å²) in [7, 11) is 0. The average molecular weight is 169 g/mol. The quantitative estimate of drug-likeness (QED) is 0.613. The number of hydrogen-bond acceptors (Lipinski definition) is 4. The standard InChI is InChI=1S/C7H7NO4/c9-6(10)7(11)2-1-5-4(7)3-8-12-5/h3,11H,1-2H2,(H,9,10). The zero-order valence-corrected chi connectivity index (χ0v) is 6.15. The van der Waals surface area contributed by atoms with E-state index in [1.54, 1.807) is 0 Å².